The molecule has 2 aliphatic carbocycles. The number of piperidine rings is 2. The van der Waals surface area contributed by atoms with E-state index in [9.17, 15) is 18.4 Å². The quantitative estimate of drug-likeness (QED) is 0.208. The Balaban J connectivity index is 1.04. The van der Waals surface area contributed by atoms with Crippen LogP contribution in [0, 0.1) is 12.3 Å². The normalized spacial score (nSPS) is 26.6. The van der Waals surface area contributed by atoms with Gasteiger partial charge in [-0.1, -0.05) is 18.2 Å². The monoisotopic (exact) mass is 680 g/mol. The standard InChI is InChI=1S/C38H42F2N8O2/c1-22-4-6-24(15-27(22)34(49)41-2)45-33-32-30(43-21-44-32)18-29(46-33)23-5-7-28-31(14-23)48(35(50)37(28)9-11-42-12-10-37)26-16-25(17-26)47-13-3-8-36(20-47)19-38(36,39)40/h4-7,14-15,18,21,25-26,42H,3,8-13,16-17,19-20H2,1-2H3,(H,41,49)(H,43,44)(H,45,46). The van der Waals surface area contributed by atoms with Crippen molar-refractivity contribution in [2.24, 2.45) is 5.41 Å². The molecule has 0 radical (unpaired) electrons. The number of alkyl halides is 2. The van der Waals surface area contributed by atoms with Crippen molar-refractivity contribution in [3.8, 4) is 11.3 Å². The number of aromatic nitrogens is 3. The van der Waals surface area contributed by atoms with E-state index in [1.807, 2.05) is 36.1 Å². The van der Waals surface area contributed by atoms with Crippen molar-refractivity contribution in [1.29, 1.82) is 0 Å². The van der Waals surface area contributed by atoms with Gasteiger partial charge in [-0.2, -0.15) is 0 Å². The Morgan fingerprint density at radius 2 is 1.84 bits per heavy atom. The van der Waals surface area contributed by atoms with Crippen LogP contribution in [-0.2, 0) is 10.2 Å². The number of fused-ring (bicyclic) bond motifs is 3. The number of carbonyl (C=O) groups is 2. The number of rotatable bonds is 6. The zero-order valence-corrected chi connectivity index (χ0v) is 28.4. The Labute approximate surface area is 289 Å². The first-order valence-electron chi connectivity index (χ1n) is 17.9. The summed E-state index contributed by atoms with van der Waals surface area (Å²) in [7, 11) is 1.61. The topological polar surface area (TPSA) is 118 Å². The van der Waals surface area contributed by atoms with E-state index in [2.05, 4.69) is 49.0 Å². The molecule has 2 aromatic carbocycles. The third kappa shape index (κ3) is 4.78. The van der Waals surface area contributed by atoms with Crippen molar-refractivity contribution in [2.45, 2.75) is 75.3 Å². The molecule has 10 nitrogen and oxygen atoms in total. The Bertz CT molecular complexity index is 2030. The number of hydrogen-bond acceptors (Lipinski definition) is 7. The lowest BCUT2D eigenvalue weighted by Crippen LogP contribution is -2.59. The maximum atomic E-state index is 14.5. The van der Waals surface area contributed by atoms with Crippen LogP contribution in [0.3, 0.4) is 0 Å². The molecule has 5 aliphatic rings. The van der Waals surface area contributed by atoms with Crippen LogP contribution in [0.2, 0.25) is 0 Å². The smallest absolute Gasteiger partial charge is 0.255 e. The van der Waals surface area contributed by atoms with E-state index in [0.717, 1.165) is 85.3 Å². The number of nitrogens with one attached hydrogen (secondary N) is 4. The van der Waals surface area contributed by atoms with Crippen LogP contribution in [0.4, 0.5) is 26.0 Å². The molecule has 0 bridgehead atoms. The fourth-order valence-electron chi connectivity index (χ4n) is 9.22. The van der Waals surface area contributed by atoms with E-state index in [1.54, 1.807) is 13.4 Å². The van der Waals surface area contributed by atoms with Gasteiger partial charge in [0.2, 0.25) is 5.91 Å². The average Bonchev–Trinajstić information content (AvgIpc) is 3.37. The van der Waals surface area contributed by atoms with E-state index < -0.39 is 16.8 Å². The van der Waals surface area contributed by atoms with E-state index in [4.69, 9.17) is 4.98 Å². The number of hydrogen-bond donors (Lipinski definition) is 4. The average molecular weight is 681 g/mol. The molecule has 4 aromatic rings. The van der Waals surface area contributed by atoms with Crippen molar-refractivity contribution < 1.29 is 18.4 Å². The molecule has 4 fully saturated rings. The van der Waals surface area contributed by atoms with Gasteiger partial charge in [0.05, 0.1) is 28.4 Å². The highest BCUT2D eigenvalue weighted by Crippen LogP contribution is 2.65. The first-order valence-corrected chi connectivity index (χ1v) is 17.9. The largest absolute Gasteiger partial charge is 0.355 e. The molecule has 12 heteroatoms. The van der Waals surface area contributed by atoms with Crippen molar-refractivity contribution in [3.63, 3.8) is 0 Å². The molecule has 5 heterocycles. The highest BCUT2D eigenvalue weighted by Gasteiger charge is 2.71. The zero-order chi connectivity index (χ0) is 34.4. The van der Waals surface area contributed by atoms with Crippen LogP contribution in [0.1, 0.15) is 66.4 Å². The summed E-state index contributed by atoms with van der Waals surface area (Å²) >= 11 is 0. The second kappa shape index (κ2) is 11.3. The zero-order valence-electron chi connectivity index (χ0n) is 28.4. The molecular formula is C38H42F2N8O2. The lowest BCUT2D eigenvalue weighted by atomic mass is 9.74. The number of carbonyl (C=O) groups excluding carboxylic acids is 2. The van der Waals surface area contributed by atoms with Gasteiger partial charge in [-0.25, -0.2) is 18.7 Å². The maximum absolute atomic E-state index is 14.5. The summed E-state index contributed by atoms with van der Waals surface area (Å²) in [6, 6.07) is 14.2. The fraction of sp³-hybridized carbons (Fsp3) is 0.474. The molecule has 50 heavy (non-hydrogen) atoms. The van der Waals surface area contributed by atoms with Gasteiger partial charge in [-0.15, -0.1) is 0 Å². The lowest BCUT2D eigenvalue weighted by Gasteiger charge is -2.49. The number of amides is 2. The summed E-state index contributed by atoms with van der Waals surface area (Å²) < 4.78 is 28.6. The SMILES string of the molecule is CNC(=O)c1cc(Nc2nc(-c3ccc4c(c3)N(C3CC(N5CCCC6(C5)CC6(F)F)C3)C(=O)C43CCNCC3)cc3[nH]cnc23)ccc1C. The molecule has 2 amide bonds. The number of benzene rings is 2. The summed E-state index contributed by atoms with van der Waals surface area (Å²) in [5.74, 6) is -1.97. The number of halogens is 2. The number of anilines is 3. The summed E-state index contributed by atoms with van der Waals surface area (Å²) in [5.41, 5.74) is 5.87. The summed E-state index contributed by atoms with van der Waals surface area (Å²) in [5, 5.41) is 9.53. The fourth-order valence-corrected chi connectivity index (χ4v) is 9.22. The van der Waals surface area contributed by atoms with Crippen LogP contribution in [-0.4, -0.2) is 82.9 Å². The number of aryl methyl sites for hydroxylation is 1. The van der Waals surface area contributed by atoms with Gasteiger partial charge in [0, 0.05) is 54.6 Å². The highest BCUT2D eigenvalue weighted by atomic mass is 19.3. The van der Waals surface area contributed by atoms with Crippen molar-refractivity contribution in [3.05, 3.63) is 65.5 Å². The Morgan fingerprint density at radius 3 is 2.60 bits per heavy atom. The van der Waals surface area contributed by atoms with E-state index in [0.29, 0.717) is 35.6 Å². The van der Waals surface area contributed by atoms with Gasteiger partial charge in [0.1, 0.15) is 5.52 Å². The molecule has 1 atom stereocenters. The minimum Gasteiger partial charge on any atom is -0.355 e. The second-order valence-electron chi connectivity index (χ2n) is 15.1. The van der Waals surface area contributed by atoms with Crippen molar-refractivity contribution in [2.75, 3.05) is 43.4 Å². The number of pyridine rings is 1. The molecule has 260 valence electrons. The number of imidazole rings is 1. The van der Waals surface area contributed by atoms with E-state index in [1.165, 1.54) is 0 Å². The molecule has 3 aliphatic heterocycles. The molecule has 2 saturated carbocycles. The Hall–Kier alpha value is -4.42. The molecule has 1 unspecified atom stereocenters. The maximum Gasteiger partial charge on any atom is 0.255 e. The summed E-state index contributed by atoms with van der Waals surface area (Å²) in [6.07, 6.45) is 6.16. The predicted molar refractivity (Wildman–Crippen MR) is 188 cm³/mol. The number of aromatic amines is 1. The third-order valence-electron chi connectivity index (χ3n) is 12.3. The Morgan fingerprint density at radius 1 is 1.04 bits per heavy atom. The van der Waals surface area contributed by atoms with Crippen LogP contribution < -0.4 is 20.9 Å². The van der Waals surface area contributed by atoms with E-state index >= 15 is 0 Å². The van der Waals surface area contributed by atoms with Gasteiger partial charge in [0.15, 0.2) is 5.82 Å². The van der Waals surface area contributed by atoms with Crippen LogP contribution >= 0.6 is 0 Å². The molecular weight excluding hydrogens is 638 g/mol. The van der Waals surface area contributed by atoms with Gasteiger partial charge in [-0.05, 0) is 100 Å². The minimum atomic E-state index is -2.53. The molecule has 4 N–H and O–H groups in total. The van der Waals surface area contributed by atoms with Crippen molar-refractivity contribution >= 4 is 40.0 Å². The Kier molecular flexibility index (Phi) is 7.13. The van der Waals surface area contributed by atoms with Gasteiger partial charge in [-0.3, -0.25) is 14.5 Å². The van der Waals surface area contributed by atoms with Crippen LogP contribution in [0.15, 0.2) is 48.8 Å². The first kappa shape index (κ1) is 31.6. The van der Waals surface area contributed by atoms with Crippen LogP contribution in [0.5, 0.6) is 0 Å². The molecule has 2 spiro atoms. The van der Waals surface area contributed by atoms with E-state index in [-0.39, 0.29) is 30.3 Å². The summed E-state index contributed by atoms with van der Waals surface area (Å²) in [6.45, 7) is 4.79. The first-order chi connectivity index (χ1) is 24.1. The lowest BCUT2D eigenvalue weighted by molar-refractivity contribution is -0.125. The molecule has 9 rings (SSSR count). The minimum absolute atomic E-state index is 0.0155. The number of nitrogens with zero attached hydrogens (tertiary/aromatic N) is 4. The van der Waals surface area contributed by atoms with Crippen LogP contribution in [0.25, 0.3) is 22.3 Å². The molecule has 2 aromatic heterocycles. The second-order valence-corrected chi connectivity index (χ2v) is 15.1. The molecule has 2 saturated heterocycles. The highest BCUT2D eigenvalue weighted by molar-refractivity contribution is 6.09. The third-order valence-corrected chi connectivity index (χ3v) is 12.3. The number of H-pyrrole nitrogens is 1. The van der Waals surface area contributed by atoms with Crippen molar-refractivity contribution in [1.82, 2.24) is 30.5 Å². The van der Waals surface area contributed by atoms with Gasteiger partial charge in [0.25, 0.3) is 11.8 Å². The van der Waals surface area contributed by atoms with Gasteiger partial charge < -0.3 is 25.8 Å². The summed E-state index contributed by atoms with van der Waals surface area (Å²) in [4.78, 5) is 44.1. The number of likely N-dealkylation sites (tertiary alicyclic amines) is 1. The predicted octanol–water partition coefficient (Wildman–Crippen LogP) is 5.66. The van der Waals surface area contributed by atoms with Gasteiger partial charge >= 0.3 is 0 Å².